The van der Waals surface area contributed by atoms with Gasteiger partial charge in [0, 0.05) is 12.1 Å². The topological polar surface area (TPSA) is 46.2 Å². The van der Waals surface area contributed by atoms with Crippen LogP contribution in [0.15, 0.2) is 0 Å². The van der Waals surface area contributed by atoms with Crippen LogP contribution in [0, 0.1) is 11.8 Å². The van der Waals surface area contributed by atoms with Gasteiger partial charge >= 0.3 is 0 Å². The Bertz CT molecular complexity index is 177. The molecule has 0 aromatic carbocycles. The molecule has 2 saturated carbocycles. The second-order valence-corrected chi connectivity index (χ2v) is 5.03. The molecule has 0 bridgehead atoms. The number of hydrogen-bond donors (Lipinski definition) is 2. The molecule has 13 heavy (non-hydrogen) atoms. The third kappa shape index (κ3) is 2.23. The molecule has 2 heteroatoms. The van der Waals surface area contributed by atoms with E-state index in [0.717, 1.165) is 5.92 Å². The molecule has 2 aliphatic rings. The molecule has 2 atom stereocenters. The third-order valence-corrected chi connectivity index (χ3v) is 3.96. The summed E-state index contributed by atoms with van der Waals surface area (Å²) in [6.07, 6.45) is 8.76. The first-order valence-corrected chi connectivity index (χ1v) is 5.63. The van der Waals surface area contributed by atoms with Crippen LogP contribution in [0.1, 0.15) is 44.9 Å². The molecular weight excluding hydrogens is 162 g/mol. The molecule has 0 amide bonds. The molecule has 0 aliphatic heterocycles. The molecule has 1 unspecified atom stereocenters. The zero-order valence-electron chi connectivity index (χ0n) is 8.34. The van der Waals surface area contributed by atoms with E-state index >= 15 is 0 Å². The SMILES string of the molecule is NC1(CCC2CCC[C@@H]2CO)CC1. The number of nitrogens with two attached hydrogens (primary N) is 1. The van der Waals surface area contributed by atoms with E-state index in [9.17, 15) is 0 Å². The predicted molar refractivity (Wildman–Crippen MR) is 53.3 cm³/mol. The Morgan fingerprint density at radius 3 is 2.54 bits per heavy atom. The average Bonchev–Trinajstić information content (AvgIpc) is 2.69. The van der Waals surface area contributed by atoms with Crippen molar-refractivity contribution in [1.82, 2.24) is 0 Å². The summed E-state index contributed by atoms with van der Waals surface area (Å²) in [5.74, 6) is 1.35. The second-order valence-electron chi connectivity index (χ2n) is 5.03. The van der Waals surface area contributed by atoms with Gasteiger partial charge in [0.15, 0.2) is 0 Å². The minimum absolute atomic E-state index is 0.211. The molecular formula is C11H21NO. The van der Waals surface area contributed by atoms with E-state index in [-0.39, 0.29) is 5.54 Å². The molecule has 2 fully saturated rings. The smallest absolute Gasteiger partial charge is 0.0461 e. The number of aliphatic hydroxyl groups is 1. The summed E-state index contributed by atoms with van der Waals surface area (Å²) in [6.45, 7) is 0.391. The van der Waals surface area contributed by atoms with Crippen LogP contribution in [0.2, 0.25) is 0 Å². The van der Waals surface area contributed by atoms with Crippen molar-refractivity contribution in [2.75, 3.05) is 6.61 Å². The van der Waals surface area contributed by atoms with E-state index < -0.39 is 0 Å². The molecule has 2 rings (SSSR count). The highest BCUT2D eigenvalue weighted by atomic mass is 16.3. The quantitative estimate of drug-likeness (QED) is 0.696. The molecule has 0 spiro atoms. The lowest BCUT2D eigenvalue weighted by molar-refractivity contribution is 0.186. The Balaban J connectivity index is 1.73. The normalized spacial score (nSPS) is 36.5. The van der Waals surface area contributed by atoms with Crippen LogP contribution >= 0.6 is 0 Å². The van der Waals surface area contributed by atoms with Gasteiger partial charge in [0.2, 0.25) is 0 Å². The fraction of sp³-hybridized carbons (Fsp3) is 1.00. The molecule has 0 heterocycles. The molecule has 3 N–H and O–H groups in total. The largest absolute Gasteiger partial charge is 0.396 e. The minimum Gasteiger partial charge on any atom is -0.396 e. The summed E-state index contributed by atoms with van der Waals surface area (Å²) in [5.41, 5.74) is 6.26. The van der Waals surface area contributed by atoms with E-state index in [1.807, 2.05) is 0 Å². The maximum Gasteiger partial charge on any atom is 0.0461 e. The number of rotatable bonds is 4. The van der Waals surface area contributed by atoms with Crippen molar-refractivity contribution in [2.24, 2.45) is 17.6 Å². The maximum absolute atomic E-state index is 9.15. The summed E-state index contributed by atoms with van der Waals surface area (Å²) < 4.78 is 0. The lowest BCUT2D eigenvalue weighted by atomic mass is 9.90. The van der Waals surface area contributed by atoms with E-state index in [1.165, 1.54) is 44.9 Å². The molecule has 2 nitrogen and oxygen atoms in total. The van der Waals surface area contributed by atoms with Gasteiger partial charge in [-0.25, -0.2) is 0 Å². The van der Waals surface area contributed by atoms with E-state index in [4.69, 9.17) is 10.8 Å². The van der Waals surface area contributed by atoms with Gasteiger partial charge in [0.25, 0.3) is 0 Å². The van der Waals surface area contributed by atoms with Crippen LogP contribution in [-0.2, 0) is 0 Å². The van der Waals surface area contributed by atoms with E-state index in [2.05, 4.69) is 0 Å². The van der Waals surface area contributed by atoms with Gasteiger partial charge in [-0.3, -0.25) is 0 Å². The van der Waals surface area contributed by atoms with Crippen LogP contribution in [-0.4, -0.2) is 17.3 Å². The van der Waals surface area contributed by atoms with Crippen LogP contribution in [0.4, 0.5) is 0 Å². The van der Waals surface area contributed by atoms with Crippen LogP contribution in [0.25, 0.3) is 0 Å². The van der Waals surface area contributed by atoms with Gasteiger partial charge in [0.05, 0.1) is 0 Å². The zero-order chi connectivity index (χ0) is 9.31. The highest BCUT2D eigenvalue weighted by molar-refractivity contribution is 4.99. The molecule has 0 saturated heterocycles. The first-order chi connectivity index (χ1) is 6.23. The van der Waals surface area contributed by atoms with Gasteiger partial charge in [-0.05, 0) is 43.9 Å². The summed E-state index contributed by atoms with van der Waals surface area (Å²) >= 11 is 0. The lowest BCUT2D eigenvalue weighted by Gasteiger charge is -2.18. The van der Waals surface area contributed by atoms with Crippen molar-refractivity contribution >= 4 is 0 Å². The first kappa shape index (κ1) is 9.47. The molecule has 76 valence electrons. The Hall–Kier alpha value is -0.0800. The summed E-state index contributed by atoms with van der Waals surface area (Å²) in [7, 11) is 0. The van der Waals surface area contributed by atoms with Crippen molar-refractivity contribution in [3.8, 4) is 0 Å². The van der Waals surface area contributed by atoms with E-state index in [1.54, 1.807) is 0 Å². The summed E-state index contributed by atoms with van der Waals surface area (Å²) in [4.78, 5) is 0. The molecule has 0 radical (unpaired) electrons. The summed E-state index contributed by atoms with van der Waals surface area (Å²) in [5, 5.41) is 9.15. The standard InChI is InChI=1S/C11H21NO/c12-11(6-7-11)5-4-9-2-1-3-10(9)8-13/h9-10,13H,1-8,12H2/t9?,10-/m1/s1. The van der Waals surface area contributed by atoms with Crippen molar-refractivity contribution < 1.29 is 5.11 Å². The predicted octanol–water partition coefficient (Wildman–Crippen LogP) is 1.67. The maximum atomic E-state index is 9.15. The monoisotopic (exact) mass is 183 g/mol. The van der Waals surface area contributed by atoms with Gasteiger partial charge in [-0.2, -0.15) is 0 Å². The summed E-state index contributed by atoms with van der Waals surface area (Å²) in [6, 6.07) is 0. The van der Waals surface area contributed by atoms with Crippen LogP contribution in [0.5, 0.6) is 0 Å². The van der Waals surface area contributed by atoms with Crippen LogP contribution in [0.3, 0.4) is 0 Å². The molecule has 2 aliphatic carbocycles. The Morgan fingerprint density at radius 1 is 1.23 bits per heavy atom. The fourth-order valence-electron chi connectivity index (χ4n) is 2.62. The third-order valence-electron chi connectivity index (χ3n) is 3.96. The highest BCUT2D eigenvalue weighted by Gasteiger charge is 2.39. The van der Waals surface area contributed by atoms with Gasteiger partial charge in [-0.15, -0.1) is 0 Å². The zero-order valence-corrected chi connectivity index (χ0v) is 8.34. The first-order valence-electron chi connectivity index (χ1n) is 5.63. The molecule has 0 aromatic rings. The second kappa shape index (κ2) is 3.58. The minimum atomic E-state index is 0.211. The Labute approximate surface area is 80.5 Å². The Kier molecular flexibility index (Phi) is 2.61. The number of aliphatic hydroxyl groups excluding tert-OH is 1. The van der Waals surface area contributed by atoms with Gasteiger partial charge in [-0.1, -0.05) is 12.8 Å². The average molecular weight is 183 g/mol. The van der Waals surface area contributed by atoms with Crippen molar-refractivity contribution in [3.05, 3.63) is 0 Å². The van der Waals surface area contributed by atoms with Gasteiger partial charge in [0.1, 0.15) is 0 Å². The van der Waals surface area contributed by atoms with Gasteiger partial charge < -0.3 is 10.8 Å². The van der Waals surface area contributed by atoms with Crippen molar-refractivity contribution in [1.29, 1.82) is 0 Å². The van der Waals surface area contributed by atoms with E-state index in [0.29, 0.717) is 12.5 Å². The fourth-order valence-corrected chi connectivity index (χ4v) is 2.62. The number of hydrogen-bond acceptors (Lipinski definition) is 2. The Morgan fingerprint density at radius 2 is 1.92 bits per heavy atom. The lowest BCUT2D eigenvalue weighted by Crippen LogP contribution is -2.23. The van der Waals surface area contributed by atoms with Crippen molar-refractivity contribution in [3.63, 3.8) is 0 Å². The van der Waals surface area contributed by atoms with Crippen LogP contribution < -0.4 is 5.73 Å². The van der Waals surface area contributed by atoms with Crippen molar-refractivity contribution in [2.45, 2.75) is 50.5 Å². The molecule has 0 aromatic heterocycles. The highest BCUT2D eigenvalue weighted by Crippen LogP contribution is 2.41.